The number of methoxy groups -OCH3 is 1. The van der Waals surface area contributed by atoms with E-state index in [9.17, 15) is 0 Å². The highest BCUT2D eigenvalue weighted by Gasteiger charge is 2.27. The zero-order valence-electron chi connectivity index (χ0n) is 22.3. The van der Waals surface area contributed by atoms with Crippen LogP contribution in [-0.4, -0.2) is 95.6 Å². The van der Waals surface area contributed by atoms with E-state index >= 15 is 0 Å². The number of rotatable bonds is 9. The zero-order chi connectivity index (χ0) is 26.6. The number of nitrogens with zero attached hydrogens (tertiary/aromatic N) is 8. The minimum Gasteiger partial charge on any atom is -0.491 e. The highest BCUT2D eigenvalue weighted by Crippen LogP contribution is 2.25. The summed E-state index contributed by atoms with van der Waals surface area (Å²) in [6.07, 6.45) is 3.89. The predicted octanol–water partition coefficient (Wildman–Crippen LogP) is 2.43. The summed E-state index contributed by atoms with van der Waals surface area (Å²) >= 11 is 0. The molecule has 6 rings (SSSR count). The third kappa shape index (κ3) is 5.76. The van der Waals surface area contributed by atoms with Gasteiger partial charge in [0.1, 0.15) is 12.4 Å². The molecule has 0 spiro atoms. The Morgan fingerprint density at radius 1 is 0.974 bits per heavy atom. The van der Waals surface area contributed by atoms with Crippen LogP contribution in [0.15, 0.2) is 47.1 Å². The smallest absolute Gasteiger partial charge is 0.259 e. The third-order valence-corrected chi connectivity index (χ3v) is 7.41. The fraction of sp³-hybridized carbons (Fsp3) is 0.481. The fourth-order valence-corrected chi connectivity index (χ4v) is 5.39. The van der Waals surface area contributed by atoms with Gasteiger partial charge in [0.05, 0.1) is 12.9 Å². The SMILES string of the molecule is COCCOc1ccc(N2CCN(C[C@@H]3CCCN(c4nc(N)n5nc(-c6ccco6)nc5n4)C3)CC2)cc1. The molecule has 206 valence electrons. The van der Waals surface area contributed by atoms with E-state index in [0.29, 0.717) is 42.4 Å². The van der Waals surface area contributed by atoms with E-state index < -0.39 is 0 Å². The number of hydrogen-bond acceptors (Lipinski definition) is 11. The van der Waals surface area contributed by atoms with Crippen LogP contribution in [0, 0.1) is 5.92 Å². The Bertz CT molecular complexity index is 1350. The Balaban J connectivity index is 1.03. The summed E-state index contributed by atoms with van der Waals surface area (Å²) in [6, 6.07) is 12.0. The van der Waals surface area contributed by atoms with E-state index in [0.717, 1.165) is 58.0 Å². The standard InChI is InChI=1S/C27H35N9O3/c1-37-16-17-38-22-8-6-21(7-9-22)34-13-11-33(12-14-34)18-20-4-2-10-35(19-20)26-30-25(28)36-27(31-26)29-24(32-36)23-5-3-15-39-23/h3,5-9,15,20H,2,4,10-14,16-19H2,1H3,(H2,28,29,30,31,32)/t20-/m0/s1. The van der Waals surface area contributed by atoms with Crippen molar-refractivity contribution < 1.29 is 13.9 Å². The van der Waals surface area contributed by atoms with Crippen LogP contribution in [0.4, 0.5) is 17.6 Å². The van der Waals surface area contributed by atoms with Gasteiger partial charge in [-0.05, 0) is 55.2 Å². The van der Waals surface area contributed by atoms with Crippen LogP contribution >= 0.6 is 0 Å². The van der Waals surface area contributed by atoms with Gasteiger partial charge in [-0.15, -0.1) is 5.10 Å². The van der Waals surface area contributed by atoms with Crippen molar-refractivity contribution in [1.82, 2.24) is 29.5 Å². The first-order chi connectivity index (χ1) is 19.2. The molecule has 39 heavy (non-hydrogen) atoms. The van der Waals surface area contributed by atoms with Gasteiger partial charge in [0.25, 0.3) is 5.78 Å². The molecule has 3 aromatic heterocycles. The third-order valence-electron chi connectivity index (χ3n) is 7.41. The Labute approximate surface area is 227 Å². The van der Waals surface area contributed by atoms with Crippen LogP contribution in [0.2, 0.25) is 0 Å². The summed E-state index contributed by atoms with van der Waals surface area (Å²) in [4.78, 5) is 21.0. The van der Waals surface area contributed by atoms with Crippen LogP contribution in [0.25, 0.3) is 17.4 Å². The van der Waals surface area contributed by atoms with E-state index in [1.54, 1.807) is 19.4 Å². The number of nitrogen functional groups attached to an aromatic ring is 1. The number of benzene rings is 1. The molecule has 12 heteroatoms. The molecule has 2 aliphatic heterocycles. The number of fused-ring (bicyclic) bond motifs is 1. The van der Waals surface area contributed by atoms with Crippen LogP contribution in [0.1, 0.15) is 12.8 Å². The maximum atomic E-state index is 6.24. The number of piperidine rings is 1. The summed E-state index contributed by atoms with van der Waals surface area (Å²) in [5.74, 6) is 3.76. The molecule has 5 heterocycles. The number of ether oxygens (including phenoxy) is 2. The molecule has 0 saturated carbocycles. The van der Waals surface area contributed by atoms with Crippen molar-refractivity contribution in [3.63, 3.8) is 0 Å². The Hall–Kier alpha value is -3.90. The normalized spacial score (nSPS) is 18.6. The lowest BCUT2D eigenvalue weighted by Crippen LogP contribution is -2.49. The van der Waals surface area contributed by atoms with Gasteiger partial charge in [0.15, 0.2) is 5.76 Å². The van der Waals surface area contributed by atoms with Gasteiger partial charge in [-0.1, -0.05) is 0 Å². The molecule has 2 aliphatic rings. The van der Waals surface area contributed by atoms with Crippen molar-refractivity contribution in [3.05, 3.63) is 42.7 Å². The molecule has 2 saturated heterocycles. The topological polar surface area (TPSA) is 123 Å². The molecule has 2 N–H and O–H groups in total. The molecule has 12 nitrogen and oxygen atoms in total. The van der Waals surface area contributed by atoms with Crippen molar-refractivity contribution >= 4 is 23.4 Å². The summed E-state index contributed by atoms with van der Waals surface area (Å²) in [5.41, 5.74) is 7.48. The van der Waals surface area contributed by atoms with Crippen molar-refractivity contribution in [1.29, 1.82) is 0 Å². The second-order valence-electron chi connectivity index (χ2n) is 10.1. The largest absolute Gasteiger partial charge is 0.491 e. The summed E-state index contributed by atoms with van der Waals surface area (Å²) in [6.45, 7) is 8.16. The summed E-state index contributed by atoms with van der Waals surface area (Å²) in [5, 5.41) is 4.40. The lowest BCUT2D eigenvalue weighted by molar-refractivity contribution is 0.146. The van der Waals surface area contributed by atoms with Gasteiger partial charge in [-0.25, -0.2) is 0 Å². The quantitative estimate of drug-likeness (QED) is 0.319. The minimum absolute atomic E-state index is 0.271. The van der Waals surface area contributed by atoms with Gasteiger partial charge < -0.3 is 29.4 Å². The second-order valence-corrected chi connectivity index (χ2v) is 10.1. The molecule has 0 unspecified atom stereocenters. The first-order valence-electron chi connectivity index (χ1n) is 13.5. The van der Waals surface area contributed by atoms with Gasteiger partial charge in [0.2, 0.25) is 17.7 Å². The van der Waals surface area contributed by atoms with Gasteiger partial charge in [-0.2, -0.15) is 19.5 Å². The van der Waals surface area contributed by atoms with Crippen molar-refractivity contribution in [2.45, 2.75) is 12.8 Å². The molecule has 0 bridgehead atoms. The number of hydrogen-bond donors (Lipinski definition) is 1. The first kappa shape index (κ1) is 25.4. The van der Waals surface area contributed by atoms with E-state index in [1.165, 1.54) is 16.6 Å². The zero-order valence-corrected chi connectivity index (χ0v) is 22.3. The highest BCUT2D eigenvalue weighted by atomic mass is 16.5. The number of aromatic nitrogens is 5. The Morgan fingerprint density at radius 3 is 2.59 bits per heavy atom. The lowest BCUT2D eigenvalue weighted by Gasteiger charge is -2.40. The predicted molar refractivity (Wildman–Crippen MR) is 148 cm³/mol. The molecule has 0 aliphatic carbocycles. The Morgan fingerprint density at radius 2 is 1.82 bits per heavy atom. The van der Waals surface area contributed by atoms with Crippen LogP contribution < -0.4 is 20.3 Å². The molecular formula is C27H35N9O3. The molecule has 2 fully saturated rings. The van der Waals surface area contributed by atoms with E-state index in [1.807, 2.05) is 18.2 Å². The fourth-order valence-electron chi connectivity index (χ4n) is 5.39. The highest BCUT2D eigenvalue weighted by molar-refractivity contribution is 5.53. The number of anilines is 3. The minimum atomic E-state index is 0.271. The number of furan rings is 1. The van der Waals surface area contributed by atoms with E-state index in [2.05, 4.69) is 46.9 Å². The molecule has 1 atom stereocenters. The molecule has 0 radical (unpaired) electrons. The van der Waals surface area contributed by atoms with E-state index in [-0.39, 0.29) is 5.95 Å². The maximum Gasteiger partial charge on any atom is 0.259 e. The van der Waals surface area contributed by atoms with E-state index in [4.69, 9.17) is 19.6 Å². The van der Waals surface area contributed by atoms with Gasteiger partial charge >= 0.3 is 0 Å². The Kier molecular flexibility index (Phi) is 7.46. The summed E-state index contributed by atoms with van der Waals surface area (Å²) < 4.78 is 17.6. The molecule has 0 amide bonds. The molecule has 1 aromatic carbocycles. The second kappa shape index (κ2) is 11.5. The average molecular weight is 534 g/mol. The van der Waals surface area contributed by atoms with Crippen molar-refractivity contribution in [3.8, 4) is 17.3 Å². The maximum absolute atomic E-state index is 6.24. The van der Waals surface area contributed by atoms with Gasteiger partial charge in [-0.3, -0.25) is 4.90 Å². The van der Waals surface area contributed by atoms with Crippen LogP contribution in [-0.2, 0) is 4.74 Å². The van der Waals surface area contributed by atoms with Crippen molar-refractivity contribution in [2.24, 2.45) is 5.92 Å². The molecule has 4 aromatic rings. The summed E-state index contributed by atoms with van der Waals surface area (Å²) in [7, 11) is 1.68. The number of nitrogens with two attached hydrogens (primary N) is 1. The van der Waals surface area contributed by atoms with Crippen LogP contribution in [0.3, 0.4) is 0 Å². The monoisotopic (exact) mass is 533 g/mol. The van der Waals surface area contributed by atoms with Gasteiger partial charge in [0, 0.05) is 58.6 Å². The van der Waals surface area contributed by atoms with Crippen LogP contribution in [0.5, 0.6) is 5.75 Å². The first-order valence-corrected chi connectivity index (χ1v) is 13.5. The average Bonchev–Trinajstić information content (AvgIpc) is 3.65. The molecular weight excluding hydrogens is 498 g/mol. The lowest BCUT2D eigenvalue weighted by atomic mass is 9.97. The number of piperazine rings is 1. The van der Waals surface area contributed by atoms with Crippen molar-refractivity contribution in [2.75, 3.05) is 81.7 Å².